The van der Waals surface area contributed by atoms with Crippen molar-refractivity contribution in [2.24, 2.45) is 0 Å². The van der Waals surface area contributed by atoms with Crippen LogP contribution in [0.3, 0.4) is 0 Å². The van der Waals surface area contributed by atoms with Gasteiger partial charge in [0.2, 0.25) is 0 Å². The molecule has 0 aromatic heterocycles. The monoisotopic (exact) mass is 364 g/mol. The van der Waals surface area contributed by atoms with Crippen LogP contribution >= 0.6 is 11.6 Å². The summed E-state index contributed by atoms with van der Waals surface area (Å²) in [4.78, 5) is 0.396. The lowest BCUT2D eigenvalue weighted by Crippen LogP contribution is -2.40. The van der Waals surface area contributed by atoms with Crippen molar-refractivity contribution in [3.63, 3.8) is 0 Å². The van der Waals surface area contributed by atoms with Gasteiger partial charge in [0.05, 0.1) is 15.7 Å². The second-order valence-corrected chi connectivity index (χ2v) is 9.23. The molecule has 0 radical (unpaired) electrons. The van der Waals surface area contributed by atoms with Gasteiger partial charge in [-0.25, -0.2) is 8.42 Å². The van der Waals surface area contributed by atoms with E-state index in [1.54, 1.807) is 18.2 Å². The number of hydrogen-bond acceptors (Lipinski definition) is 3. The predicted octanol–water partition coefficient (Wildman–Crippen LogP) is 4.52. The van der Waals surface area contributed by atoms with Gasteiger partial charge < -0.3 is 4.74 Å². The average Bonchev–Trinajstić information content (AvgIpc) is 2.55. The molecule has 5 heteroatoms. The van der Waals surface area contributed by atoms with Crippen molar-refractivity contribution >= 4 is 21.4 Å². The first-order chi connectivity index (χ1) is 11.3. The second-order valence-electron chi connectivity index (χ2n) is 6.56. The van der Waals surface area contributed by atoms with Gasteiger partial charge in [-0.2, -0.15) is 0 Å². The SMILES string of the molecule is Cc1cccc(S(=O)(=O)C2CCOC(C)(c3ccc(Cl)cc3)C2)c1. The lowest BCUT2D eigenvalue weighted by Gasteiger charge is -2.38. The third-order valence-corrected chi connectivity index (χ3v) is 7.13. The summed E-state index contributed by atoms with van der Waals surface area (Å²) in [6, 6.07) is 14.5. The zero-order valence-corrected chi connectivity index (χ0v) is 15.4. The highest BCUT2D eigenvalue weighted by molar-refractivity contribution is 7.92. The smallest absolute Gasteiger partial charge is 0.181 e. The van der Waals surface area contributed by atoms with Gasteiger partial charge in [0.15, 0.2) is 9.84 Å². The van der Waals surface area contributed by atoms with Crippen molar-refractivity contribution in [2.75, 3.05) is 6.61 Å². The fourth-order valence-electron chi connectivity index (χ4n) is 3.26. The number of ether oxygens (including phenoxy) is 1. The van der Waals surface area contributed by atoms with E-state index in [1.807, 2.05) is 44.2 Å². The highest BCUT2D eigenvalue weighted by Gasteiger charge is 2.41. The average molecular weight is 365 g/mol. The lowest BCUT2D eigenvalue weighted by atomic mass is 9.88. The Hall–Kier alpha value is -1.36. The maximum atomic E-state index is 13.0. The molecule has 1 aliphatic rings. The van der Waals surface area contributed by atoms with Gasteiger partial charge in [-0.15, -0.1) is 0 Å². The Bertz CT molecular complexity index is 830. The van der Waals surface area contributed by atoms with Gasteiger partial charge in [0, 0.05) is 11.6 Å². The number of halogens is 1. The maximum Gasteiger partial charge on any atom is 0.181 e. The van der Waals surface area contributed by atoms with E-state index < -0.39 is 20.7 Å². The highest BCUT2D eigenvalue weighted by atomic mass is 35.5. The van der Waals surface area contributed by atoms with Crippen LogP contribution in [0.4, 0.5) is 0 Å². The Morgan fingerprint density at radius 3 is 2.54 bits per heavy atom. The molecule has 3 rings (SSSR count). The summed E-state index contributed by atoms with van der Waals surface area (Å²) in [5, 5.41) is 0.204. The Balaban J connectivity index is 1.91. The van der Waals surface area contributed by atoms with Gasteiger partial charge in [0.1, 0.15) is 0 Å². The van der Waals surface area contributed by atoms with Crippen molar-refractivity contribution in [1.29, 1.82) is 0 Å². The number of rotatable bonds is 3. The molecular weight excluding hydrogens is 344 g/mol. The van der Waals surface area contributed by atoms with Crippen LogP contribution in [0.15, 0.2) is 53.4 Å². The minimum atomic E-state index is -3.38. The van der Waals surface area contributed by atoms with Crippen LogP contribution in [0.25, 0.3) is 0 Å². The van der Waals surface area contributed by atoms with Gasteiger partial charge in [-0.1, -0.05) is 35.9 Å². The normalized spacial score (nSPS) is 24.7. The minimum absolute atomic E-state index is 0.396. The molecule has 2 atom stereocenters. The van der Waals surface area contributed by atoms with Crippen LogP contribution in [-0.4, -0.2) is 20.3 Å². The maximum absolute atomic E-state index is 13.0. The van der Waals surface area contributed by atoms with Crippen LogP contribution in [0.2, 0.25) is 5.02 Å². The number of benzene rings is 2. The summed E-state index contributed by atoms with van der Waals surface area (Å²) >= 11 is 5.96. The van der Waals surface area contributed by atoms with E-state index in [2.05, 4.69) is 0 Å². The Labute approximate surface area is 148 Å². The van der Waals surface area contributed by atoms with E-state index in [0.29, 0.717) is 29.4 Å². The first-order valence-electron chi connectivity index (χ1n) is 8.02. The number of hydrogen-bond donors (Lipinski definition) is 0. The first-order valence-corrected chi connectivity index (χ1v) is 9.94. The molecule has 1 fully saturated rings. The Morgan fingerprint density at radius 2 is 1.88 bits per heavy atom. The summed E-state index contributed by atoms with van der Waals surface area (Å²) in [5.74, 6) is 0. The summed E-state index contributed by atoms with van der Waals surface area (Å²) in [5.41, 5.74) is 1.28. The predicted molar refractivity (Wildman–Crippen MR) is 96.1 cm³/mol. The second kappa shape index (κ2) is 6.51. The number of sulfone groups is 1. The molecule has 3 nitrogen and oxygen atoms in total. The van der Waals surface area contributed by atoms with Crippen LogP contribution in [0, 0.1) is 6.92 Å². The largest absolute Gasteiger partial charge is 0.370 e. The molecule has 128 valence electrons. The lowest BCUT2D eigenvalue weighted by molar-refractivity contribution is -0.0685. The van der Waals surface area contributed by atoms with Crippen molar-refractivity contribution in [2.45, 2.75) is 42.4 Å². The van der Waals surface area contributed by atoms with Gasteiger partial charge >= 0.3 is 0 Å². The Kier molecular flexibility index (Phi) is 4.73. The molecule has 2 unspecified atom stereocenters. The van der Waals surface area contributed by atoms with Gasteiger partial charge in [0.25, 0.3) is 0 Å². The van der Waals surface area contributed by atoms with Crippen LogP contribution < -0.4 is 0 Å². The van der Waals surface area contributed by atoms with Gasteiger partial charge in [-0.3, -0.25) is 0 Å². The molecule has 0 spiro atoms. The third kappa shape index (κ3) is 3.37. The van der Waals surface area contributed by atoms with E-state index in [-0.39, 0.29) is 0 Å². The molecule has 0 aliphatic carbocycles. The van der Waals surface area contributed by atoms with Crippen LogP contribution in [-0.2, 0) is 20.2 Å². The van der Waals surface area contributed by atoms with E-state index in [9.17, 15) is 8.42 Å². The van der Waals surface area contributed by atoms with Crippen molar-refractivity contribution in [1.82, 2.24) is 0 Å². The summed E-state index contributed by atoms with van der Waals surface area (Å²) in [6.45, 7) is 4.28. The molecule has 1 saturated heterocycles. The zero-order valence-electron chi connectivity index (χ0n) is 13.8. The summed E-state index contributed by atoms with van der Waals surface area (Å²) in [6.07, 6.45) is 0.949. The van der Waals surface area contributed by atoms with Gasteiger partial charge in [-0.05, 0) is 62.1 Å². The molecule has 0 amide bonds. The molecule has 0 saturated carbocycles. The fraction of sp³-hybridized carbons (Fsp3) is 0.368. The first kappa shape index (κ1) is 17.5. The van der Waals surface area contributed by atoms with Crippen LogP contribution in [0.5, 0.6) is 0 Å². The summed E-state index contributed by atoms with van der Waals surface area (Å²) < 4.78 is 32.0. The standard InChI is InChI=1S/C19H21ClO3S/c1-14-4-3-5-17(12-14)24(21,22)18-10-11-23-19(2,13-18)15-6-8-16(20)9-7-15/h3-9,12,18H,10-11,13H2,1-2H3. The van der Waals surface area contributed by atoms with Crippen molar-refractivity contribution in [3.8, 4) is 0 Å². The topological polar surface area (TPSA) is 43.4 Å². The van der Waals surface area contributed by atoms with E-state index in [1.165, 1.54) is 0 Å². The molecule has 2 aromatic rings. The molecule has 1 heterocycles. The summed E-state index contributed by atoms with van der Waals surface area (Å²) in [7, 11) is -3.38. The fourth-order valence-corrected chi connectivity index (χ4v) is 5.34. The minimum Gasteiger partial charge on any atom is -0.370 e. The molecule has 0 N–H and O–H groups in total. The van der Waals surface area contributed by atoms with E-state index >= 15 is 0 Å². The quantitative estimate of drug-likeness (QED) is 0.804. The molecule has 2 aromatic carbocycles. The molecule has 24 heavy (non-hydrogen) atoms. The van der Waals surface area contributed by atoms with E-state index in [0.717, 1.165) is 11.1 Å². The highest BCUT2D eigenvalue weighted by Crippen LogP contribution is 2.39. The number of aryl methyl sites for hydroxylation is 1. The molecule has 1 aliphatic heterocycles. The van der Waals surface area contributed by atoms with Crippen LogP contribution in [0.1, 0.15) is 30.9 Å². The van der Waals surface area contributed by atoms with Crippen molar-refractivity contribution in [3.05, 3.63) is 64.7 Å². The molecule has 0 bridgehead atoms. The molecular formula is C19H21ClO3S. The van der Waals surface area contributed by atoms with Crippen molar-refractivity contribution < 1.29 is 13.2 Å². The van der Waals surface area contributed by atoms with E-state index in [4.69, 9.17) is 16.3 Å². The Morgan fingerprint density at radius 1 is 1.17 bits per heavy atom. The zero-order chi connectivity index (χ0) is 17.4. The third-order valence-electron chi connectivity index (χ3n) is 4.69.